The second kappa shape index (κ2) is 8.13. The molecule has 4 nitrogen and oxygen atoms in total. The van der Waals surface area contributed by atoms with E-state index in [1.807, 2.05) is 30.3 Å². The molecule has 0 bridgehead atoms. The van der Waals surface area contributed by atoms with E-state index >= 15 is 0 Å². The Bertz CT molecular complexity index is 514. The predicted octanol–water partition coefficient (Wildman–Crippen LogP) is 2.23. The Morgan fingerprint density at radius 1 is 1.10 bits per heavy atom. The monoisotopic (exact) mass is 332 g/mol. The van der Waals surface area contributed by atoms with E-state index in [1.165, 1.54) is 6.42 Å². The Balaban J connectivity index is 0.00000220. The van der Waals surface area contributed by atoms with E-state index in [4.69, 9.17) is 5.73 Å². The van der Waals surface area contributed by atoms with Crippen molar-refractivity contribution in [3.8, 4) is 0 Å². The van der Waals surface area contributed by atoms with E-state index in [9.17, 15) is 8.42 Å². The van der Waals surface area contributed by atoms with Crippen LogP contribution in [-0.4, -0.2) is 26.3 Å². The third-order valence-corrected chi connectivity index (χ3v) is 5.32. The van der Waals surface area contributed by atoms with Crippen molar-refractivity contribution in [3.63, 3.8) is 0 Å². The molecule has 1 aromatic rings. The van der Waals surface area contributed by atoms with Crippen molar-refractivity contribution in [1.29, 1.82) is 0 Å². The molecule has 0 saturated heterocycles. The smallest absolute Gasteiger partial charge is 0.211 e. The summed E-state index contributed by atoms with van der Waals surface area (Å²) in [5.74, 6) is 0.118. The minimum atomic E-state index is -3.25. The second-order valence-corrected chi connectivity index (χ2v) is 7.73. The van der Waals surface area contributed by atoms with Crippen molar-refractivity contribution in [2.75, 3.05) is 12.3 Å². The largest absolute Gasteiger partial charge is 0.324 e. The van der Waals surface area contributed by atoms with Gasteiger partial charge in [-0.1, -0.05) is 49.6 Å². The van der Waals surface area contributed by atoms with Gasteiger partial charge >= 0.3 is 0 Å². The third kappa shape index (κ3) is 6.34. The van der Waals surface area contributed by atoms with Crippen LogP contribution in [0.15, 0.2) is 30.3 Å². The summed E-state index contributed by atoms with van der Waals surface area (Å²) in [6.45, 7) is 0.365. The summed E-state index contributed by atoms with van der Waals surface area (Å²) < 4.78 is 26.7. The molecule has 1 aliphatic rings. The summed E-state index contributed by atoms with van der Waals surface area (Å²) in [6.07, 6.45) is 5.76. The van der Waals surface area contributed by atoms with Crippen LogP contribution in [0.4, 0.5) is 0 Å². The van der Waals surface area contributed by atoms with Gasteiger partial charge in [-0.15, -0.1) is 12.4 Å². The minimum Gasteiger partial charge on any atom is -0.324 e. The summed E-state index contributed by atoms with van der Waals surface area (Å²) >= 11 is 0. The lowest BCUT2D eigenvalue weighted by molar-refractivity contribution is 0.296. The standard InChI is InChI=1S/C15H24N2O2S.ClH/c16-15(10-5-2-6-11-15)13-17-20(18,19)12-9-14-7-3-1-4-8-14;/h1,3-4,7-8,17H,2,5-6,9-13,16H2;1H. The Hall–Kier alpha value is -0.620. The van der Waals surface area contributed by atoms with Crippen molar-refractivity contribution in [3.05, 3.63) is 35.9 Å². The van der Waals surface area contributed by atoms with Crippen LogP contribution < -0.4 is 10.5 Å². The molecule has 0 unspecified atom stereocenters. The highest BCUT2D eigenvalue weighted by molar-refractivity contribution is 7.89. The molecule has 0 spiro atoms. The Labute approximate surface area is 134 Å². The fourth-order valence-corrected chi connectivity index (χ4v) is 3.81. The first-order valence-electron chi connectivity index (χ1n) is 7.29. The average Bonchev–Trinajstić information content (AvgIpc) is 2.46. The highest BCUT2D eigenvalue weighted by Gasteiger charge is 2.28. The van der Waals surface area contributed by atoms with Gasteiger partial charge in [0.15, 0.2) is 0 Å². The first-order valence-corrected chi connectivity index (χ1v) is 8.95. The number of rotatable bonds is 6. The molecule has 21 heavy (non-hydrogen) atoms. The zero-order chi connectivity index (χ0) is 14.5. The predicted molar refractivity (Wildman–Crippen MR) is 89.2 cm³/mol. The maximum Gasteiger partial charge on any atom is 0.211 e. The lowest BCUT2D eigenvalue weighted by Crippen LogP contribution is -2.51. The number of benzene rings is 1. The molecule has 1 aromatic carbocycles. The highest BCUT2D eigenvalue weighted by Crippen LogP contribution is 2.25. The van der Waals surface area contributed by atoms with E-state index in [0.29, 0.717) is 13.0 Å². The van der Waals surface area contributed by atoms with Crippen LogP contribution in [-0.2, 0) is 16.4 Å². The van der Waals surface area contributed by atoms with Crippen molar-refractivity contribution in [2.45, 2.75) is 44.1 Å². The Kier molecular flexibility index (Phi) is 7.13. The summed E-state index contributed by atoms with van der Waals surface area (Å²) in [5.41, 5.74) is 6.94. The second-order valence-electron chi connectivity index (χ2n) is 5.80. The maximum atomic E-state index is 12.0. The van der Waals surface area contributed by atoms with Gasteiger partial charge in [0, 0.05) is 12.1 Å². The average molecular weight is 333 g/mol. The number of nitrogens with two attached hydrogens (primary N) is 1. The molecule has 1 saturated carbocycles. The van der Waals surface area contributed by atoms with Gasteiger partial charge in [-0.05, 0) is 24.8 Å². The van der Waals surface area contributed by atoms with Crippen LogP contribution >= 0.6 is 12.4 Å². The van der Waals surface area contributed by atoms with Crippen LogP contribution in [0.1, 0.15) is 37.7 Å². The van der Waals surface area contributed by atoms with E-state index in [0.717, 1.165) is 31.2 Å². The Morgan fingerprint density at radius 3 is 2.33 bits per heavy atom. The van der Waals surface area contributed by atoms with Gasteiger partial charge < -0.3 is 5.73 Å². The zero-order valence-corrected chi connectivity index (χ0v) is 13.9. The number of hydrogen-bond acceptors (Lipinski definition) is 3. The van der Waals surface area contributed by atoms with Gasteiger partial charge in [0.1, 0.15) is 0 Å². The van der Waals surface area contributed by atoms with Crippen LogP contribution in [0.25, 0.3) is 0 Å². The van der Waals surface area contributed by atoms with Crippen molar-refractivity contribution in [1.82, 2.24) is 4.72 Å². The lowest BCUT2D eigenvalue weighted by Gasteiger charge is -2.33. The van der Waals surface area contributed by atoms with Gasteiger partial charge in [0.25, 0.3) is 0 Å². The number of halogens is 1. The molecule has 0 atom stereocenters. The van der Waals surface area contributed by atoms with E-state index in [2.05, 4.69) is 4.72 Å². The molecular formula is C15H25ClN2O2S. The van der Waals surface area contributed by atoms with Crippen LogP contribution in [0.2, 0.25) is 0 Å². The van der Waals surface area contributed by atoms with Crippen molar-refractivity contribution in [2.24, 2.45) is 5.73 Å². The van der Waals surface area contributed by atoms with Gasteiger partial charge in [-0.25, -0.2) is 13.1 Å². The molecular weight excluding hydrogens is 308 g/mol. The molecule has 120 valence electrons. The third-order valence-electron chi connectivity index (χ3n) is 4.00. The zero-order valence-electron chi connectivity index (χ0n) is 12.3. The molecule has 3 N–H and O–H groups in total. The number of nitrogens with one attached hydrogen (secondary N) is 1. The lowest BCUT2D eigenvalue weighted by atomic mass is 9.83. The fourth-order valence-electron chi connectivity index (χ4n) is 2.66. The summed E-state index contributed by atoms with van der Waals surface area (Å²) in [6, 6.07) is 9.66. The van der Waals surface area contributed by atoms with Gasteiger partial charge in [-0.3, -0.25) is 0 Å². The van der Waals surface area contributed by atoms with E-state index in [-0.39, 0.29) is 23.7 Å². The molecule has 0 heterocycles. The first-order chi connectivity index (χ1) is 9.49. The van der Waals surface area contributed by atoms with Crippen molar-refractivity contribution >= 4 is 22.4 Å². The highest BCUT2D eigenvalue weighted by atomic mass is 35.5. The molecule has 1 aliphatic carbocycles. The number of aryl methyl sites for hydroxylation is 1. The fraction of sp³-hybridized carbons (Fsp3) is 0.600. The van der Waals surface area contributed by atoms with Gasteiger partial charge in [0.2, 0.25) is 10.0 Å². The molecule has 6 heteroatoms. The molecule has 0 radical (unpaired) electrons. The van der Waals surface area contributed by atoms with Crippen LogP contribution in [0.5, 0.6) is 0 Å². The topological polar surface area (TPSA) is 72.2 Å². The Morgan fingerprint density at radius 2 is 1.71 bits per heavy atom. The summed E-state index contributed by atoms with van der Waals surface area (Å²) in [7, 11) is -3.25. The van der Waals surface area contributed by atoms with Crippen LogP contribution in [0.3, 0.4) is 0 Å². The van der Waals surface area contributed by atoms with E-state index < -0.39 is 10.0 Å². The van der Waals surface area contributed by atoms with Gasteiger partial charge in [-0.2, -0.15) is 0 Å². The normalized spacial score (nSPS) is 18.0. The minimum absolute atomic E-state index is 0. The molecule has 1 fully saturated rings. The number of hydrogen-bond donors (Lipinski definition) is 2. The SMILES string of the molecule is Cl.NC1(CNS(=O)(=O)CCc2ccccc2)CCCCC1. The molecule has 0 aromatic heterocycles. The molecule has 0 amide bonds. The maximum absolute atomic E-state index is 12.0. The molecule has 2 rings (SSSR count). The van der Waals surface area contributed by atoms with E-state index in [1.54, 1.807) is 0 Å². The van der Waals surface area contributed by atoms with Gasteiger partial charge in [0.05, 0.1) is 5.75 Å². The first kappa shape index (κ1) is 18.4. The summed E-state index contributed by atoms with van der Waals surface area (Å²) in [4.78, 5) is 0. The van der Waals surface area contributed by atoms with Crippen LogP contribution in [0, 0.1) is 0 Å². The molecule has 0 aliphatic heterocycles. The summed E-state index contributed by atoms with van der Waals surface area (Å²) in [5, 5.41) is 0. The van der Waals surface area contributed by atoms with Crippen molar-refractivity contribution < 1.29 is 8.42 Å². The number of sulfonamides is 1. The quantitative estimate of drug-likeness (QED) is 0.839.